The molecule has 0 fully saturated rings. The fourth-order valence-corrected chi connectivity index (χ4v) is 4.54. The van der Waals surface area contributed by atoms with E-state index in [1.165, 1.54) is 17.7 Å². The Bertz CT molecular complexity index is 995. The van der Waals surface area contributed by atoms with E-state index in [0.29, 0.717) is 17.3 Å². The Morgan fingerprint density at radius 1 is 1.37 bits per heavy atom. The first-order valence-electron chi connectivity index (χ1n) is 9.19. The minimum atomic E-state index is -0.316. The molecule has 0 saturated carbocycles. The first-order valence-corrected chi connectivity index (χ1v) is 10.0. The number of nitrogens with one attached hydrogen (secondary N) is 1. The summed E-state index contributed by atoms with van der Waals surface area (Å²) in [4.78, 5) is 22.3. The number of fused-ring (bicyclic) bond motifs is 2. The number of nitrogens with zero attached hydrogens (tertiary/aromatic N) is 5. The van der Waals surface area contributed by atoms with Gasteiger partial charge in [-0.2, -0.15) is 0 Å². The van der Waals surface area contributed by atoms with Crippen LogP contribution in [0.4, 0.5) is 5.82 Å². The summed E-state index contributed by atoms with van der Waals surface area (Å²) in [5.41, 5.74) is 0.840. The third-order valence-corrected chi connectivity index (χ3v) is 6.00. The number of esters is 1. The molecule has 9 heteroatoms. The van der Waals surface area contributed by atoms with Crippen molar-refractivity contribution in [2.75, 3.05) is 11.9 Å². The number of anilines is 1. The van der Waals surface area contributed by atoms with E-state index in [2.05, 4.69) is 30.0 Å². The van der Waals surface area contributed by atoms with Gasteiger partial charge in [-0.15, -0.1) is 21.5 Å². The summed E-state index contributed by atoms with van der Waals surface area (Å²) in [5.74, 6) is 2.34. The molecule has 27 heavy (non-hydrogen) atoms. The second-order valence-electron chi connectivity index (χ2n) is 6.63. The molecule has 4 heterocycles. The van der Waals surface area contributed by atoms with Crippen LogP contribution in [-0.2, 0) is 17.7 Å². The summed E-state index contributed by atoms with van der Waals surface area (Å²) in [7, 11) is 0. The SMILES string of the molecule is CCOC(=O)c1sc2ncnc(NC(C)c3nnc4n3CCCC4)c2c1C. The van der Waals surface area contributed by atoms with Crippen LogP contribution in [0.5, 0.6) is 0 Å². The van der Waals surface area contributed by atoms with Crippen LogP contribution in [0.3, 0.4) is 0 Å². The van der Waals surface area contributed by atoms with Crippen LogP contribution < -0.4 is 5.32 Å². The molecule has 0 spiro atoms. The number of ether oxygens (including phenoxy) is 1. The molecule has 3 aromatic heterocycles. The van der Waals surface area contributed by atoms with E-state index in [9.17, 15) is 4.79 Å². The molecular weight excluding hydrogens is 364 g/mol. The average Bonchev–Trinajstić information content (AvgIpc) is 3.24. The molecule has 8 nitrogen and oxygen atoms in total. The molecule has 0 amide bonds. The Labute approximate surface area is 161 Å². The van der Waals surface area contributed by atoms with Crippen LogP contribution in [0, 0.1) is 6.92 Å². The maximum atomic E-state index is 12.2. The van der Waals surface area contributed by atoms with E-state index in [1.54, 1.807) is 6.92 Å². The van der Waals surface area contributed by atoms with Crippen molar-refractivity contribution < 1.29 is 9.53 Å². The standard InChI is InChI=1S/C18H22N6O2S/c1-4-26-18(25)14-10(2)13-15(19-9-20-17(13)27-14)21-11(3)16-23-22-12-7-5-6-8-24(12)16/h9,11H,4-8H2,1-3H3,(H,19,20,21). The number of carbonyl (C=O) groups excluding carboxylic acids is 1. The Morgan fingerprint density at radius 3 is 3.04 bits per heavy atom. The van der Waals surface area contributed by atoms with Crippen molar-refractivity contribution in [1.82, 2.24) is 24.7 Å². The summed E-state index contributed by atoms with van der Waals surface area (Å²) < 4.78 is 7.36. The average molecular weight is 386 g/mol. The largest absolute Gasteiger partial charge is 0.462 e. The first kappa shape index (κ1) is 17.8. The summed E-state index contributed by atoms with van der Waals surface area (Å²) in [6.45, 7) is 7.05. The van der Waals surface area contributed by atoms with Crippen molar-refractivity contribution in [2.24, 2.45) is 0 Å². The van der Waals surface area contributed by atoms with Crippen LogP contribution in [-0.4, -0.2) is 37.3 Å². The van der Waals surface area contributed by atoms with Crippen LogP contribution in [0.15, 0.2) is 6.33 Å². The Hall–Kier alpha value is -2.55. The molecule has 1 unspecified atom stereocenters. The van der Waals surface area contributed by atoms with Gasteiger partial charge < -0.3 is 14.6 Å². The van der Waals surface area contributed by atoms with Crippen molar-refractivity contribution in [3.63, 3.8) is 0 Å². The van der Waals surface area contributed by atoms with Gasteiger partial charge in [0, 0.05) is 13.0 Å². The smallest absolute Gasteiger partial charge is 0.348 e. The third-order valence-electron chi connectivity index (χ3n) is 4.82. The highest BCUT2D eigenvalue weighted by Crippen LogP contribution is 2.35. The van der Waals surface area contributed by atoms with Gasteiger partial charge in [0.1, 0.15) is 27.7 Å². The lowest BCUT2D eigenvalue weighted by Gasteiger charge is -2.19. The fourth-order valence-electron chi connectivity index (χ4n) is 3.49. The Kier molecular flexibility index (Phi) is 4.77. The zero-order valence-electron chi connectivity index (χ0n) is 15.7. The van der Waals surface area contributed by atoms with Crippen molar-refractivity contribution in [3.8, 4) is 0 Å². The maximum Gasteiger partial charge on any atom is 0.348 e. The number of aromatic nitrogens is 5. The van der Waals surface area contributed by atoms with E-state index < -0.39 is 0 Å². The molecule has 1 aliphatic heterocycles. The minimum absolute atomic E-state index is 0.0622. The van der Waals surface area contributed by atoms with E-state index in [4.69, 9.17) is 4.74 Å². The zero-order valence-corrected chi connectivity index (χ0v) is 16.5. The molecular formula is C18H22N6O2S. The zero-order chi connectivity index (χ0) is 19.0. The molecule has 4 rings (SSSR count). The van der Waals surface area contributed by atoms with E-state index in [1.807, 2.05) is 13.8 Å². The highest BCUT2D eigenvalue weighted by Gasteiger charge is 2.23. The molecule has 142 valence electrons. The predicted octanol–water partition coefficient (Wildman–Crippen LogP) is 3.28. The van der Waals surface area contributed by atoms with Gasteiger partial charge in [-0.05, 0) is 39.2 Å². The molecule has 0 bridgehead atoms. The second-order valence-corrected chi connectivity index (χ2v) is 7.63. The summed E-state index contributed by atoms with van der Waals surface area (Å²) in [5, 5.41) is 13.0. The molecule has 0 radical (unpaired) electrons. The molecule has 0 aliphatic carbocycles. The predicted molar refractivity (Wildman–Crippen MR) is 103 cm³/mol. The van der Waals surface area contributed by atoms with Gasteiger partial charge in [0.15, 0.2) is 5.82 Å². The Morgan fingerprint density at radius 2 is 2.22 bits per heavy atom. The molecule has 1 aliphatic rings. The van der Waals surface area contributed by atoms with Gasteiger partial charge >= 0.3 is 5.97 Å². The maximum absolute atomic E-state index is 12.2. The topological polar surface area (TPSA) is 94.8 Å². The molecule has 0 aromatic carbocycles. The number of aryl methyl sites for hydroxylation is 2. The fraction of sp³-hybridized carbons (Fsp3) is 0.500. The monoisotopic (exact) mass is 386 g/mol. The number of thiophene rings is 1. The quantitative estimate of drug-likeness (QED) is 0.672. The van der Waals surface area contributed by atoms with Gasteiger partial charge in [0.2, 0.25) is 0 Å². The van der Waals surface area contributed by atoms with Gasteiger partial charge in [-0.25, -0.2) is 14.8 Å². The van der Waals surface area contributed by atoms with Gasteiger partial charge in [0.25, 0.3) is 0 Å². The lowest BCUT2D eigenvalue weighted by molar-refractivity contribution is 0.0531. The van der Waals surface area contributed by atoms with Gasteiger partial charge in [-0.1, -0.05) is 0 Å². The second kappa shape index (κ2) is 7.22. The number of hydrogen-bond donors (Lipinski definition) is 1. The minimum Gasteiger partial charge on any atom is -0.462 e. The van der Waals surface area contributed by atoms with Gasteiger partial charge in [0.05, 0.1) is 18.0 Å². The molecule has 1 atom stereocenters. The normalized spacial score (nSPS) is 14.8. The van der Waals surface area contributed by atoms with Crippen LogP contribution in [0.25, 0.3) is 10.2 Å². The summed E-state index contributed by atoms with van der Waals surface area (Å²) in [6, 6.07) is -0.0622. The molecule has 1 N–H and O–H groups in total. The Balaban J connectivity index is 1.68. The van der Waals surface area contributed by atoms with Crippen LogP contribution >= 0.6 is 11.3 Å². The van der Waals surface area contributed by atoms with Crippen LogP contribution in [0.2, 0.25) is 0 Å². The summed E-state index contributed by atoms with van der Waals surface area (Å²) >= 11 is 1.33. The number of rotatable bonds is 5. The van der Waals surface area contributed by atoms with E-state index in [0.717, 1.165) is 53.2 Å². The van der Waals surface area contributed by atoms with Crippen molar-refractivity contribution >= 4 is 33.3 Å². The summed E-state index contributed by atoms with van der Waals surface area (Å²) in [6.07, 6.45) is 4.80. The third kappa shape index (κ3) is 3.16. The number of carbonyl (C=O) groups is 1. The highest BCUT2D eigenvalue weighted by atomic mass is 32.1. The lowest BCUT2D eigenvalue weighted by Crippen LogP contribution is -2.18. The number of hydrogen-bond acceptors (Lipinski definition) is 8. The lowest BCUT2D eigenvalue weighted by atomic mass is 10.1. The van der Waals surface area contributed by atoms with E-state index in [-0.39, 0.29) is 12.0 Å². The van der Waals surface area contributed by atoms with Gasteiger partial charge in [-0.3, -0.25) is 0 Å². The van der Waals surface area contributed by atoms with Crippen molar-refractivity contribution in [2.45, 2.75) is 52.6 Å². The first-order chi connectivity index (χ1) is 13.1. The highest BCUT2D eigenvalue weighted by molar-refractivity contribution is 7.20. The van der Waals surface area contributed by atoms with Crippen molar-refractivity contribution in [3.05, 3.63) is 28.4 Å². The molecule has 3 aromatic rings. The molecule has 0 saturated heterocycles. The van der Waals surface area contributed by atoms with Crippen LogP contribution in [0.1, 0.15) is 59.6 Å². The van der Waals surface area contributed by atoms with E-state index >= 15 is 0 Å². The van der Waals surface area contributed by atoms with Crippen molar-refractivity contribution in [1.29, 1.82) is 0 Å².